The maximum atomic E-state index is 12.8. The van der Waals surface area contributed by atoms with E-state index < -0.39 is 19.7 Å². The van der Waals surface area contributed by atoms with Crippen LogP contribution < -0.4 is 0 Å². The molecule has 80 heavy (non-hydrogen) atoms. The fourth-order valence-corrected chi connectivity index (χ4v) is 24.6. The zero-order valence-electron chi connectivity index (χ0n) is 50.3. The lowest BCUT2D eigenvalue weighted by Gasteiger charge is -2.65. The summed E-state index contributed by atoms with van der Waals surface area (Å²) in [5, 5.41) is 22.4. The van der Waals surface area contributed by atoms with E-state index in [-0.39, 0.29) is 75.0 Å². The van der Waals surface area contributed by atoms with Crippen molar-refractivity contribution >= 4 is 32.6 Å². The van der Waals surface area contributed by atoms with E-state index in [0.29, 0.717) is 96.3 Å². The van der Waals surface area contributed by atoms with E-state index in [1.165, 1.54) is 38.5 Å². The van der Waals surface area contributed by atoms with Gasteiger partial charge in [-0.25, -0.2) is 16.8 Å². The summed E-state index contributed by atoms with van der Waals surface area (Å²) in [6.07, 6.45) is 19.9. The number of aliphatic hydroxyl groups is 2. The highest BCUT2D eigenvalue weighted by Crippen LogP contribution is 2.72. The van der Waals surface area contributed by atoms with Crippen molar-refractivity contribution in [2.75, 3.05) is 11.5 Å². The fourth-order valence-electron chi connectivity index (χ4n) is 21.7. The predicted molar refractivity (Wildman–Crippen MR) is 318 cm³/mol. The van der Waals surface area contributed by atoms with Gasteiger partial charge in [-0.1, -0.05) is 122 Å². The van der Waals surface area contributed by atoms with Crippen molar-refractivity contribution in [3.8, 4) is 0 Å². The molecule has 10 nitrogen and oxygen atoms in total. The topological polar surface area (TPSA) is 161 Å². The van der Waals surface area contributed by atoms with Gasteiger partial charge in [-0.3, -0.25) is 9.59 Å². The molecule has 0 aromatic heterocycles. The van der Waals surface area contributed by atoms with Crippen LogP contribution in [-0.4, -0.2) is 75.9 Å². The summed E-state index contributed by atoms with van der Waals surface area (Å²) in [5.74, 6) is 7.14. The van der Waals surface area contributed by atoms with Crippen LogP contribution in [-0.2, 0) is 50.2 Å². The molecule has 0 saturated heterocycles. The average Bonchev–Trinajstić information content (AvgIpc) is 3.98. The zero-order chi connectivity index (χ0) is 57.4. The van der Waals surface area contributed by atoms with Gasteiger partial charge in [0.2, 0.25) is 0 Å². The number of fused-ring (bicyclic) bond motifs is 10. The molecule has 0 spiro atoms. The summed E-state index contributed by atoms with van der Waals surface area (Å²) in [5.41, 5.74) is 2.55. The van der Waals surface area contributed by atoms with Crippen LogP contribution >= 0.6 is 0 Å². The Morgan fingerprint density at radius 1 is 0.537 bits per heavy atom. The van der Waals surface area contributed by atoms with Crippen molar-refractivity contribution in [2.24, 2.45) is 105 Å². The molecule has 448 valence electrons. The lowest BCUT2D eigenvalue weighted by atomic mass is 9.41. The first-order chi connectivity index (χ1) is 38.1. The summed E-state index contributed by atoms with van der Waals surface area (Å²) in [6.45, 7) is 20.5. The van der Waals surface area contributed by atoms with E-state index in [0.717, 1.165) is 94.6 Å². The lowest BCUT2D eigenvalue weighted by molar-refractivity contribution is -0.213. The van der Waals surface area contributed by atoms with Gasteiger partial charge in [0.1, 0.15) is 12.2 Å². The second kappa shape index (κ2) is 25.0. The number of rotatable bonds is 20. The van der Waals surface area contributed by atoms with E-state index >= 15 is 0 Å². The number of aliphatic hydroxyl groups excluding tert-OH is 2. The highest BCUT2D eigenvalue weighted by atomic mass is 32.2. The Bertz CT molecular complexity index is 2600. The Morgan fingerprint density at radius 2 is 0.975 bits per heavy atom. The van der Waals surface area contributed by atoms with Gasteiger partial charge in [0, 0.05) is 5.92 Å². The number of ether oxygens (including phenoxy) is 2. The molecule has 12 heteroatoms. The zero-order valence-corrected chi connectivity index (χ0v) is 51.9. The molecule has 2 aromatic rings. The molecule has 8 aliphatic carbocycles. The van der Waals surface area contributed by atoms with Crippen LogP contribution in [0.15, 0.2) is 60.7 Å². The number of sulfone groups is 2. The van der Waals surface area contributed by atoms with Crippen molar-refractivity contribution < 1.29 is 46.1 Å². The summed E-state index contributed by atoms with van der Waals surface area (Å²) in [6, 6.07) is 19.0. The van der Waals surface area contributed by atoms with Crippen LogP contribution in [0.3, 0.4) is 0 Å². The van der Waals surface area contributed by atoms with Gasteiger partial charge in [-0.2, -0.15) is 0 Å². The standard InChI is InChI=1S/C35H52O6S.C33H52O4S/c1-5-27-31-20-26(40-22-36)15-17-35(31,4)30-16-18-34(3)28(13-14-29(34)32(30)33(27)41-23-37)24(2)10-9-19-42(38,39)21-25-11-7-6-8-12-25;1-5-25-29-20-24(34)15-17-33(29,4)28-16-18-32(3)26(13-14-27(32)30(28)31(25)35)22(2)10-9-19-38(36,37)21-23-11-7-6-8-12-23/h6-8,11-12,22-24,26-33H,5,9-10,13-21H2,1-4H3;6-8,11-12,22,24-31,34-35H,5,9-10,13-21H2,1-4H3/t24-,26-,27-,28?,29+,30+,31?,32+,33-,34?,35?;22-,24-,25-,26?,27+,28+,29?,30+,31-,32?,33?/m11/s1. The third-order valence-corrected chi connectivity index (χ3v) is 28.8. The molecule has 2 N–H and O–H groups in total. The van der Waals surface area contributed by atoms with Crippen molar-refractivity contribution in [1.82, 2.24) is 0 Å². The molecule has 0 bridgehead atoms. The van der Waals surface area contributed by atoms with E-state index in [1.54, 1.807) is 0 Å². The van der Waals surface area contributed by atoms with Gasteiger partial charge in [-0.15, -0.1) is 0 Å². The predicted octanol–water partition coefficient (Wildman–Crippen LogP) is 13.7. The van der Waals surface area contributed by atoms with Crippen LogP contribution in [0.25, 0.3) is 0 Å². The van der Waals surface area contributed by atoms with E-state index in [9.17, 15) is 36.6 Å². The second-order valence-electron chi connectivity index (χ2n) is 29.0. The number of carbonyl (C=O) groups excluding carboxylic acids is 2. The minimum absolute atomic E-state index is 0.0369. The molecule has 8 unspecified atom stereocenters. The maximum Gasteiger partial charge on any atom is 0.293 e. The van der Waals surface area contributed by atoms with Crippen LogP contribution in [0.1, 0.15) is 195 Å². The summed E-state index contributed by atoms with van der Waals surface area (Å²) >= 11 is 0. The molecule has 8 aliphatic rings. The Morgan fingerprint density at radius 3 is 1.46 bits per heavy atom. The highest BCUT2D eigenvalue weighted by molar-refractivity contribution is 7.90. The van der Waals surface area contributed by atoms with Crippen molar-refractivity contribution in [2.45, 2.75) is 220 Å². The van der Waals surface area contributed by atoms with Crippen LogP contribution in [0.5, 0.6) is 0 Å². The minimum atomic E-state index is -3.13. The normalized spacial score (nSPS) is 41.8. The SMILES string of the molecule is CC[C@@H]1C2C[C@H](O)CCC2(C)[C@H]2CCC3(C)C([C@H](C)CCCS(=O)(=O)Cc4ccccc4)CC[C@H]3[C@@H]2[C@@H]1O.CC[C@@H]1C2C[C@H](OC=O)CCC2(C)[C@H]2CCC3(C)C([C@H](C)CCCS(=O)(=O)Cc4ccccc4)CC[C@H]3[C@@H]2[C@@H]1OC=O. The summed E-state index contributed by atoms with van der Waals surface area (Å²) in [4.78, 5) is 23.1. The smallest absolute Gasteiger partial charge is 0.293 e. The lowest BCUT2D eigenvalue weighted by Crippen LogP contribution is -2.62. The average molecular weight is 1150 g/mol. The van der Waals surface area contributed by atoms with E-state index in [2.05, 4.69) is 55.4 Å². The number of carbonyl (C=O) groups is 2. The van der Waals surface area contributed by atoms with E-state index in [1.807, 2.05) is 60.7 Å². The van der Waals surface area contributed by atoms with Gasteiger partial charge in [0.05, 0.1) is 35.2 Å². The number of benzene rings is 2. The first kappa shape index (κ1) is 61.8. The largest absolute Gasteiger partial charge is 0.465 e. The van der Waals surface area contributed by atoms with Gasteiger partial charge in [-0.05, 0) is 232 Å². The summed E-state index contributed by atoms with van der Waals surface area (Å²) < 4.78 is 62.8. The maximum absolute atomic E-state index is 12.8. The molecule has 0 amide bonds. The molecular weight excluding hydrogens is 1040 g/mol. The Labute approximate surface area is 483 Å². The van der Waals surface area contributed by atoms with Gasteiger partial charge >= 0.3 is 0 Å². The molecule has 2 aromatic carbocycles. The quantitative estimate of drug-likeness (QED) is 0.122. The highest BCUT2D eigenvalue weighted by Gasteiger charge is 2.67. The number of hydrogen-bond donors (Lipinski definition) is 2. The molecular formula is C68H104O10S2. The molecule has 10 rings (SSSR count). The van der Waals surface area contributed by atoms with Gasteiger partial charge < -0.3 is 19.7 Å². The Kier molecular flexibility index (Phi) is 19.3. The van der Waals surface area contributed by atoms with Crippen LogP contribution in [0.2, 0.25) is 0 Å². The number of hydrogen-bond acceptors (Lipinski definition) is 10. The first-order valence-corrected chi connectivity index (χ1v) is 35.7. The second-order valence-corrected chi connectivity index (χ2v) is 33.4. The Balaban J connectivity index is 0.000000195. The molecule has 0 radical (unpaired) electrons. The van der Waals surface area contributed by atoms with Crippen LogP contribution in [0, 0.1) is 105 Å². The van der Waals surface area contributed by atoms with Crippen molar-refractivity contribution in [3.05, 3.63) is 71.8 Å². The summed E-state index contributed by atoms with van der Waals surface area (Å²) in [7, 11) is -6.23. The molecule has 0 aliphatic heterocycles. The van der Waals surface area contributed by atoms with Gasteiger partial charge in [0.15, 0.2) is 19.7 Å². The molecule has 8 saturated carbocycles. The monoisotopic (exact) mass is 1140 g/mol. The fraction of sp³-hybridized carbons (Fsp3) is 0.794. The van der Waals surface area contributed by atoms with E-state index in [4.69, 9.17) is 9.47 Å². The Hall–Kier alpha value is -2.80. The third-order valence-electron chi connectivity index (χ3n) is 25.4. The van der Waals surface area contributed by atoms with Crippen molar-refractivity contribution in [3.63, 3.8) is 0 Å². The third kappa shape index (κ3) is 12.1. The minimum Gasteiger partial charge on any atom is -0.465 e. The van der Waals surface area contributed by atoms with Crippen molar-refractivity contribution in [1.29, 1.82) is 0 Å². The molecule has 8 fully saturated rings. The molecule has 0 heterocycles. The van der Waals surface area contributed by atoms with Gasteiger partial charge in [0.25, 0.3) is 12.9 Å². The van der Waals surface area contributed by atoms with Crippen LogP contribution in [0.4, 0.5) is 0 Å². The first-order valence-electron chi connectivity index (χ1n) is 32.1. The molecule has 22 atom stereocenters.